The van der Waals surface area contributed by atoms with Crippen LogP contribution >= 0.6 is 39.1 Å². The number of carbonyl (C=O) groups is 1. The van der Waals surface area contributed by atoms with E-state index in [0.717, 1.165) is 21.0 Å². The van der Waals surface area contributed by atoms with Gasteiger partial charge in [-0.15, -0.1) is 0 Å². The molecule has 0 N–H and O–H groups in total. The highest BCUT2D eigenvalue weighted by Crippen LogP contribution is 2.31. The van der Waals surface area contributed by atoms with Crippen LogP contribution in [-0.4, -0.2) is 15.5 Å². The number of carbonyl (C=O) groups excluding carboxylic acids is 1. The minimum Gasteiger partial charge on any atom is -0.274 e. The fraction of sp³-hybridized carbons (Fsp3) is 0.125. The lowest BCUT2D eigenvalue weighted by molar-refractivity contribution is 0.0941. The smallest absolute Gasteiger partial charge is 0.229 e. The van der Waals surface area contributed by atoms with Gasteiger partial charge >= 0.3 is 0 Å². The van der Waals surface area contributed by atoms with Crippen molar-refractivity contribution in [3.63, 3.8) is 0 Å². The van der Waals surface area contributed by atoms with Crippen LogP contribution in [0.4, 0.5) is 0 Å². The number of aromatic nitrogens is 2. The van der Waals surface area contributed by atoms with Gasteiger partial charge in [0.15, 0.2) is 0 Å². The maximum atomic E-state index is 11.8. The van der Waals surface area contributed by atoms with Gasteiger partial charge in [-0.1, -0.05) is 29.3 Å². The summed E-state index contributed by atoms with van der Waals surface area (Å²) in [5, 5.41) is 2.12. The third kappa shape index (κ3) is 2.78. The predicted molar refractivity (Wildman–Crippen MR) is 93.0 cm³/mol. The third-order valence-corrected chi connectivity index (χ3v) is 4.60. The summed E-state index contributed by atoms with van der Waals surface area (Å²) in [6.45, 7) is 1.51. The van der Waals surface area contributed by atoms with Crippen LogP contribution in [0.3, 0.4) is 0 Å². The number of hydrogen-bond acceptors (Lipinski definition) is 2. The molecule has 2 heterocycles. The van der Waals surface area contributed by atoms with Gasteiger partial charge in [-0.2, -0.15) is 0 Å². The molecule has 0 aliphatic heterocycles. The highest BCUT2D eigenvalue weighted by Gasteiger charge is 2.15. The van der Waals surface area contributed by atoms with E-state index in [1.165, 1.54) is 6.92 Å². The Morgan fingerprint density at radius 2 is 2.00 bits per heavy atom. The Hall–Kier alpha value is -1.36. The zero-order valence-corrected chi connectivity index (χ0v) is 14.7. The Bertz CT molecular complexity index is 869. The fourth-order valence-electron chi connectivity index (χ4n) is 2.42. The summed E-state index contributed by atoms with van der Waals surface area (Å²) in [6.07, 6.45) is 4.01. The first-order chi connectivity index (χ1) is 10.5. The molecule has 0 radical (unpaired) electrons. The zero-order chi connectivity index (χ0) is 15.9. The summed E-state index contributed by atoms with van der Waals surface area (Å²) in [5.41, 5.74) is 2.43. The van der Waals surface area contributed by atoms with Crippen molar-refractivity contribution < 1.29 is 4.79 Å². The minimum atomic E-state index is -0.0867. The maximum absolute atomic E-state index is 11.8. The molecule has 0 atom stereocenters. The number of pyridine rings is 1. The Kier molecular flexibility index (Phi) is 4.26. The van der Waals surface area contributed by atoms with Crippen molar-refractivity contribution in [3.8, 4) is 0 Å². The van der Waals surface area contributed by atoms with E-state index >= 15 is 0 Å². The largest absolute Gasteiger partial charge is 0.274 e. The number of fused-ring (bicyclic) bond motifs is 1. The van der Waals surface area contributed by atoms with Crippen molar-refractivity contribution in [1.82, 2.24) is 9.55 Å². The topological polar surface area (TPSA) is 34.9 Å². The Morgan fingerprint density at radius 3 is 2.64 bits per heavy atom. The van der Waals surface area contributed by atoms with Gasteiger partial charge in [-0.25, -0.2) is 4.98 Å². The van der Waals surface area contributed by atoms with Crippen molar-refractivity contribution in [2.45, 2.75) is 13.3 Å². The van der Waals surface area contributed by atoms with Crippen molar-refractivity contribution in [2.75, 3.05) is 0 Å². The van der Waals surface area contributed by atoms with Crippen molar-refractivity contribution in [1.29, 1.82) is 0 Å². The molecule has 0 unspecified atom stereocenters. The molecule has 0 aliphatic carbocycles. The van der Waals surface area contributed by atoms with Crippen LogP contribution < -0.4 is 0 Å². The van der Waals surface area contributed by atoms with E-state index in [1.807, 2.05) is 12.1 Å². The van der Waals surface area contributed by atoms with Crippen LogP contribution in [0.5, 0.6) is 0 Å². The summed E-state index contributed by atoms with van der Waals surface area (Å²) in [4.78, 5) is 16.1. The summed E-state index contributed by atoms with van der Waals surface area (Å²) in [7, 11) is 0. The molecular formula is C16H11BrCl2N2O. The lowest BCUT2D eigenvalue weighted by atomic mass is 10.1. The fourth-order valence-corrected chi connectivity index (χ4v) is 3.28. The lowest BCUT2D eigenvalue weighted by Crippen LogP contribution is -2.04. The standard InChI is InChI=1S/C16H11BrCl2N2O/c1-9(22)21-8-10(12-6-11(17)7-20-16(12)21)5-13-14(18)3-2-4-15(13)19/h2-4,6-8H,5H2,1H3. The third-order valence-electron chi connectivity index (χ3n) is 3.46. The second-order valence-corrected chi connectivity index (χ2v) is 6.68. The summed E-state index contributed by atoms with van der Waals surface area (Å²) in [6, 6.07) is 7.37. The molecule has 0 aliphatic rings. The van der Waals surface area contributed by atoms with E-state index in [0.29, 0.717) is 22.1 Å². The molecule has 0 saturated heterocycles. The monoisotopic (exact) mass is 396 g/mol. The van der Waals surface area contributed by atoms with E-state index < -0.39 is 0 Å². The van der Waals surface area contributed by atoms with E-state index in [-0.39, 0.29) is 5.91 Å². The summed E-state index contributed by atoms with van der Waals surface area (Å²) >= 11 is 15.9. The Balaban J connectivity index is 2.19. The van der Waals surface area contributed by atoms with Gasteiger partial charge in [0, 0.05) is 45.6 Å². The average Bonchev–Trinajstić information content (AvgIpc) is 2.81. The first kappa shape index (κ1) is 15.5. The molecule has 0 saturated carbocycles. The Labute approximate surface area is 146 Å². The molecule has 22 heavy (non-hydrogen) atoms. The molecule has 112 valence electrons. The predicted octanol–water partition coefficient (Wildman–Crippen LogP) is 5.36. The molecule has 0 spiro atoms. The number of benzene rings is 1. The van der Waals surface area contributed by atoms with Gasteiger partial charge in [0.2, 0.25) is 5.91 Å². The van der Waals surface area contributed by atoms with Gasteiger partial charge < -0.3 is 0 Å². The summed E-state index contributed by atoms with van der Waals surface area (Å²) in [5.74, 6) is -0.0867. The van der Waals surface area contributed by atoms with Crippen LogP contribution in [0, 0.1) is 0 Å². The average molecular weight is 398 g/mol. The number of rotatable bonds is 2. The van der Waals surface area contributed by atoms with E-state index in [4.69, 9.17) is 23.2 Å². The van der Waals surface area contributed by atoms with Crippen LogP contribution in [0.25, 0.3) is 11.0 Å². The second kappa shape index (κ2) is 6.03. The number of nitrogens with zero attached hydrogens (tertiary/aromatic N) is 2. The van der Waals surface area contributed by atoms with Crippen LogP contribution in [0.1, 0.15) is 22.8 Å². The molecule has 3 aromatic rings. The van der Waals surface area contributed by atoms with E-state index in [2.05, 4.69) is 20.9 Å². The first-order valence-electron chi connectivity index (χ1n) is 6.56. The maximum Gasteiger partial charge on any atom is 0.229 e. The molecule has 0 fully saturated rings. The highest BCUT2D eigenvalue weighted by atomic mass is 79.9. The van der Waals surface area contributed by atoms with Crippen LogP contribution in [0.2, 0.25) is 10.0 Å². The molecule has 2 aromatic heterocycles. The molecule has 3 nitrogen and oxygen atoms in total. The van der Waals surface area contributed by atoms with Gasteiger partial charge in [0.1, 0.15) is 5.65 Å². The SMILES string of the molecule is CC(=O)n1cc(Cc2c(Cl)cccc2Cl)c2cc(Br)cnc21. The zero-order valence-electron chi connectivity index (χ0n) is 11.6. The molecule has 6 heteroatoms. The molecule has 0 amide bonds. The molecule has 0 bridgehead atoms. The van der Waals surface area contributed by atoms with Crippen molar-refractivity contribution in [3.05, 3.63) is 62.3 Å². The normalized spacial score (nSPS) is 11.1. The van der Waals surface area contributed by atoms with Gasteiger partial charge in [-0.3, -0.25) is 9.36 Å². The van der Waals surface area contributed by atoms with Crippen molar-refractivity contribution >= 4 is 56.1 Å². The van der Waals surface area contributed by atoms with E-state index in [1.54, 1.807) is 29.1 Å². The van der Waals surface area contributed by atoms with Crippen molar-refractivity contribution in [2.24, 2.45) is 0 Å². The van der Waals surface area contributed by atoms with Gasteiger partial charge in [0.05, 0.1) is 0 Å². The van der Waals surface area contributed by atoms with Crippen LogP contribution in [0.15, 0.2) is 41.1 Å². The lowest BCUT2D eigenvalue weighted by Gasteiger charge is -2.06. The number of hydrogen-bond donors (Lipinski definition) is 0. The molecule has 1 aromatic carbocycles. The number of halogens is 3. The summed E-state index contributed by atoms with van der Waals surface area (Å²) < 4.78 is 2.40. The van der Waals surface area contributed by atoms with E-state index in [9.17, 15) is 4.79 Å². The Morgan fingerprint density at radius 1 is 1.32 bits per heavy atom. The molecular weight excluding hydrogens is 387 g/mol. The highest BCUT2D eigenvalue weighted by molar-refractivity contribution is 9.10. The van der Waals surface area contributed by atoms with Gasteiger partial charge in [-0.05, 0) is 45.3 Å². The first-order valence-corrected chi connectivity index (χ1v) is 8.11. The minimum absolute atomic E-state index is 0.0867. The second-order valence-electron chi connectivity index (χ2n) is 4.95. The quantitative estimate of drug-likeness (QED) is 0.583. The van der Waals surface area contributed by atoms with Gasteiger partial charge in [0.25, 0.3) is 0 Å². The van der Waals surface area contributed by atoms with Crippen LogP contribution in [-0.2, 0) is 6.42 Å². The molecule has 3 rings (SSSR count).